The fraction of sp³-hybridized carbons (Fsp3) is 0.692. The van der Waals surface area contributed by atoms with Crippen LogP contribution in [0.4, 0.5) is 4.79 Å². The van der Waals surface area contributed by atoms with Gasteiger partial charge in [0, 0.05) is 6.54 Å². The topological polar surface area (TPSA) is 58.6 Å². The van der Waals surface area contributed by atoms with Crippen LogP contribution in [0.1, 0.15) is 33.6 Å². The van der Waals surface area contributed by atoms with Crippen LogP contribution in [-0.4, -0.2) is 41.6 Å². The summed E-state index contributed by atoms with van der Waals surface area (Å²) >= 11 is 0. The van der Waals surface area contributed by atoms with E-state index in [1.807, 2.05) is 0 Å². The van der Waals surface area contributed by atoms with Gasteiger partial charge in [0.05, 0.1) is 6.54 Å². The third-order valence-corrected chi connectivity index (χ3v) is 2.55. The molecule has 1 N–H and O–H groups in total. The van der Waals surface area contributed by atoms with Gasteiger partial charge >= 0.3 is 6.09 Å². The van der Waals surface area contributed by atoms with Gasteiger partial charge < -0.3 is 10.1 Å². The average Bonchev–Trinajstić information content (AvgIpc) is 2.72. The molecule has 1 fully saturated rings. The number of ether oxygens (including phenoxy) is 1. The lowest BCUT2D eigenvalue weighted by molar-refractivity contribution is -0.125. The van der Waals surface area contributed by atoms with Gasteiger partial charge in [-0.05, 0) is 33.6 Å². The Hall–Kier alpha value is -1.70. The van der Waals surface area contributed by atoms with Crippen molar-refractivity contribution < 1.29 is 14.3 Å². The first kappa shape index (κ1) is 14.4. The molecule has 1 aliphatic heterocycles. The quantitative estimate of drug-likeness (QED) is 0.750. The largest absolute Gasteiger partial charge is 0.444 e. The zero-order chi connectivity index (χ0) is 13.8. The van der Waals surface area contributed by atoms with Crippen molar-refractivity contribution in [3.05, 3.63) is 0 Å². The molecule has 0 aromatic heterocycles. The number of rotatable bonds is 2. The number of hydrogen-bond acceptors (Lipinski definition) is 3. The smallest absolute Gasteiger partial charge is 0.410 e. The Labute approximate surface area is 108 Å². The van der Waals surface area contributed by atoms with E-state index < -0.39 is 17.7 Å². The van der Waals surface area contributed by atoms with Crippen molar-refractivity contribution in [2.75, 3.05) is 13.1 Å². The number of carbonyl (C=O) groups excluding carboxylic acids is 2. The molecule has 0 aromatic rings. The van der Waals surface area contributed by atoms with Crippen molar-refractivity contribution in [3.8, 4) is 12.3 Å². The number of likely N-dealkylation sites (tertiary alicyclic amines) is 1. The van der Waals surface area contributed by atoms with Gasteiger partial charge in [-0.15, -0.1) is 6.42 Å². The van der Waals surface area contributed by atoms with Crippen molar-refractivity contribution >= 4 is 12.0 Å². The molecule has 0 radical (unpaired) electrons. The lowest BCUT2D eigenvalue weighted by Gasteiger charge is -2.27. The van der Waals surface area contributed by atoms with Crippen molar-refractivity contribution in [2.24, 2.45) is 0 Å². The second-order valence-electron chi connectivity index (χ2n) is 5.25. The number of nitrogens with zero attached hydrogens (tertiary/aromatic N) is 1. The van der Waals surface area contributed by atoms with E-state index in [9.17, 15) is 9.59 Å². The fourth-order valence-electron chi connectivity index (χ4n) is 1.83. The second-order valence-corrected chi connectivity index (χ2v) is 5.25. The van der Waals surface area contributed by atoms with Crippen LogP contribution in [0.15, 0.2) is 0 Å². The highest BCUT2D eigenvalue weighted by molar-refractivity contribution is 5.86. The van der Waals surface area contributed by atoms with Crippen molar-refractivity contribution in [2.45, 2.75) is 45.3 Å². The Morgan fingerprint density at radius 2 is 2.17 bits per heavy atom. The molecule has 0 aliphatic carbocycles. The minimum Gasteiger partial charge on any atom is -0.444 e. The van der Waals surface area contributed by atoms with Gasteiger partial charge in [-0.3, -0.25) is 9.69 Å². The van der Waals surface area contributed by atoms with Crippen LogP contribution in [0, 0.1) is 12.3 Å². The summed E-state index contributed by atoms with van der Waals surface area (Å²) in [6.07, 6.45) is 6.09. The number of amides is 2. The van der Waals surface area contributed by atoms with Crippen LogP contribution in [-0.2, 0) is 9.53 Å². The zero-order valence-corrected chi connectivity index (χ0v) is 11.2. The minimum absolute atomic E-state index is 0.178. The van der Waals surface area contributed by atoms with Crippen molar-refractivity contribution in [3.63, 3.8) is 0 Å². The van der Waals surface area contributed by atoms with Crippen LogP contribution in [0.25, 0.3) is 0 Å². The lowest BCUT2D eigenvalue weighted by Crippen LogP contribution is -2.47. The first-order valence-corrected chi connectivity index (χ1v) is 6.06. The SMILES string of the molecule is C#CCNC(=O)[C@@H]1CCCN1C(=O)OC(C)(C)C. The summed E-state index contributed by atoms with van der Waals surface area (Å²) in [6.45, 7) is 6.12. The van der Waals surface area contributed by atoms with E-state index >= 15 is 0 Å². The molecule has 1 aliphatic rings. The minimum atomic E-state index is -0.556. The molecule has 2 amide bonds. The monoisotopic (exact) mass is 252 g/mol. The molecule has 1 atom stereocenters. The molecule has 5 nitrogen and oxygen atoms in total. The third kappa shape index (κ3) is 3.95. The second kappa shape index (κ2) is 5.76. The summed E-state index contributed by atoms with van der Waals surface area (Å²) in [4.78, 5) is 25.2. The summed E-state index contributed by atoms with van der Waals surface area (Å²) in [6, 6.07) is -0.465. The Bertz CT molecular complexity index is 365. The van der Waals surface area contributed by atoms with E-state index in [4.69, 9.17) is 11.2 Å². The summed E-state index contributed by atoms with van der Waals surface area (Å²) in [5.74, 6) is 2.13. The molecule has 0 bridgehead atoms. The average molecular weight is 252 g/mol. The highest BCUT2D eigenvalue weighted by Crippen LogP contribution is 2.20. The third-order valence-electron chi connectivity index (χ3n) is 2.55. The summed E-state index contributed by atoms with van der Waals surface area (Å²) in [5.41, 5.74) is -0.556. The molecule has 1 saturated heterocycles. The van der Waals surface area contributed by atoms with Gasteiger partial charge in [0.25, 0.3) is 0 Å². The normalized spacial score (nSPS) is 19.2. The zero-order valence-electron chi connectivity index (χ0n) is 11.2. The van der Waals surface area contributed by atoms with E-state index in [2.05, 4.69) is 11.2 Å². The maximum atomic E-state index is 11.9. The van der Waals surface area contributed by atoms with Gasteiger partial charge in [0.1, 0.15) is 11.6 Å². The van der Waals surface area contributed by atoms with Gasteiger partial charge in [0.15, 0.2) is 0 Å². The maximum Gasteiger partial charge on any atom is 0.410 e. The van der Waals surface area contributed by atoms with Gasteiger partial charge in [-0.1, -0.05) is 5.92 Å². The van der Waals surface area contributed by atoms with E-state index in [-0.39, 0.29) is 12.5 Å². The Kier molecular flexibility index (Phi) is 4.60. The van der Waals surface area contributed by atoms with Crippen LogP contribution < -0.4 is 5.32 Å². The van der Waals surface area contributed by atoms with Crippen LogP contribution in [0.5, 0.6) is 0 Å². The molecule has 1 rings (SSSR count). The molecular formula is C13H20N2O3. The molecule has 5 heteroatoms. The first-order chi connectivity index (χ1) is 8.35. The highest BCUT2D eigenvalue weighted by atomic mass is 16.6. The van der Waals surface area contributed by atoms with E-state index in [0.29, 0.717) is 13.0 Å². The molecule has 0 aromatic carbocycles. The summed E-state index contributed by atoms with van der Waals surface area (Å²) in [5, 5.41) is 2.60. The summed E-state index contributed by atoms with van der Waals surface area (Å²) in [7, 11) is 0. The van der Waals surface area contributed by atoms with Crippen LogP contribution in [0.3, 0.4) is 0 Å². The van der Waals surface area contributed by atoms with E-state index in [1.54, 1.807) is 20.8 Å². The van der Waals surface area contributed by atoms with E-state index in [1.165, 1.54) is 4.90 Å². The number of hydrogen-bond donors (Lipinski definition) is 1. The number of nitrogens with one attached hydrogen (secondary N) is 1. The van der Waals surface area contributed by atoms with Crippen LogP contribution >= 0.6 is 0 Å². The Morgan fingerprint density at radius 3 is 2.72 bits per heavy atom. The predicted molar refractivity (Wildman–Crippen MR) is 67.8 cm³/mol. The van der Waals surface area contributed by atoms with Gasteiger partial charge in [-0.2, -0.15) is 0 Å². The van der Waals surface area contributed by atoms with Crippen LogP contribution in [0.2, 0.25) is 0 Å². The lowest BCUT2D eigenvalue weighted by atomic mass is 10.2. The van der Waals surface area contributed by atoms with Crippen molar-refractivity contribution in [1.82, 2.24) is 10.2 Å². The maximum absolute atomic E-state index is 11.9. The standard InChI is InChI=1S/C13H20N2O3/c1-5-8-14-11(16)10-7-6-9-15(10)12(17)18-13(2,3)4/h1,10H,6-9H2,2-4H3,(H,14,16)/t10-/m0/s1. The molecule has 0 unspecified atom stereocenters. The molecule has 18 heavy (non-hydrogen) atoms. The van der Waals surface area contributed by atoms with E-state index in [0.717, 1.165) is 6.42 Å². The van der Waals surface area contributed by atoms with Crippen molar-refractivity contribution in [1.29, 1.82) is 0 Å². The number of carbonyl (C=O) groups is 2. The molecular weight excluding hydrogens is 232 g/mol. The van der Waals surface area contributed by atoms with Gasteiger partial charge in [-0.25, -0.2) is 4.79 Å². The van der Waals surface area contributed by atoms with Gasteiger partial charge in [0.2, 0.25) is 5.91 Å². The fourth-order valence-corrected chi connectivity index (χ4v) is 1.83. The predicted octanol–water partition coefficient (Wildman–Crippen LogP) is 1.14. The Balaban J connectivity index is 2.62. The molecule has 100 valence electrons. The molecule has 0 spiro atoms. The Morgan fingerprint density at radius 1 is 1.50 bits per heavy atom. The molecule has 1 heterocycles. The highest BCUT2D eigenvalue weighted by Gasteiger charge is 2.36. The molecule has 0 saturated carbocycles. The first-order valence-electron chi connectivity index (χ1n) is 6.06. The summed E-state index contributed by atoms with van der Waals surface area (Å²) < 4.78 is 5.27. The number of terminal acetylenes is 1.